The van der Waals surface area contributed by atoms with Crippen LogP contribution in [0.3, 0.4) is 0 Å². The van der Waals surface area contributed by atoms with Crippen LogP contribution in [0.15, 0.2) is 42.5 Å². The fourth-order valence-electron chi connectivity index (χ4n) is 3.07. The molecule has 0 aliphatic carbocycles. The van der Waals surface area contributed by atoms with Gasteiger partial charge < -0.3 is 14.8 Å². The molecule has 0 spiro atoms. The smallest absolute Gasteiger partial charge is 0.340 e. The number of benzene rings is 2. The van der Waals surface area contributed by atoms with E-state index < -0.39 is 28.0 Å². The molecule has 1 aliphatic rings. The summed E-state index contributed by atoms with van der Waals surface area (Å²) in [7, 11) is -3.61. The number of esters is 1. The van der Waals surface area contributed by atoms with E-state index in [1.54, 1.807) is 37.3 Å². The Bertz CT molecular complexity index is 1070. The van der Waals surface area contributed by atoms with Crippen molar-refractivity contribution in [2.45, 2.75) is 19.4 Å². The Morgan fingerprint density at radius 2 is 2.00 bits per heavy atom. The van der Waals surface area contributed by atoms with Gasteiger partial charge in [0.1, 0.15) is 5.75 Å². The summed E-state index contributed by atoms with van der Waals surface area (Å²) in [5, 5.41) is 3.03. The quantitative estimate of drug-likeness (QED) is 0.699. The highest BCUT2D eigenvalue weighted by molar-refractivity contribution is 7.92. The van der Waals surface area contributed by atoms with E-state index in [1.807, 2.05) is 0 Å². The Labute approximate surface area is 179 Å². The monoisotopic (exact) mass is 452 g/mol. The Hall–Kier alpha value is -2.78. The molecule has 0 saturated carbocycles. The first-order valence-corrected chi connectivity index (χ1v) is 11.4. The van der Waals surface area contributed by atoms with Crippen molar-refractivity contribution in [2.75, 3.05) is 29.0 Å². The number of nitrogens with zero attached hydrogens (tertiary/aromatic N) is 1. The molecule has 1 atom stereocenters. The van der Waals surface area contributed by atoms with Crippen LogP contribution >= 0.6 is 11.6 Å². The molecule has 1 N–H and O–H groups in total. The van der Waals surface area contributed by atoms with Gasteiger partial charge in [-0.1, -0.05) is 23.7 Å². The van der Waals surface area contributed by atoms with Gasteiger partial charge in [0.2, 0.25) is 10.0 Å². The highest BCUT2D eigenvalue weighted by Crippen LogP contribution is 2.36. The second kappa shape index (κ2) is 8.93. The molecule has 160 valence electrons. The minimum atomic E-state index is -3.61. The summed E-state index contributed by atoms with van der Waals surface area (Å²) in [4.78, 5) is 25.0. The van der Waals surface area contributed by atoms with Crippen molar-refractivity contribution in [2.24, 2.45) is 0 Å². The molecule has 1 heterocycles. The summed E-state index contributed by atoms with van der Waals surface area (Å²) in [6, 6.07) is 11.0. The number of rotatable bonds is 5. The lowest BCUT2D eigenvalue weighted by Gasteiger charge is -2.21. The standard InChI is InChI=1S/C20H21ClN2O6S/c1-3-28-20(25)14-6-4-5-7-15(14)22-19(24)18-10-11-23(30(2,26)27)16-12-13(21)8-9-17(16)29-18/h4-9,12,18H,3,10-11H2,1-2H3,(H,22,24). The van der Waals surface area contributed by atoms with Crippen LogP contribution in [-0.4, -0.2) is 45.8 Å². The number of nitrogens with one attached hydrogen (secondary N) is 1. The predicted molar refractivity (Wildman–Crippen MR) is 114 cm³/mol. The van der Waals surface area contributed by atoms with Crippen molar-refractivity contribution >= 4 is 44.9 Å². The zero-order valence-corrected chi connectivity index (χ0v) is 18.0. The number of ether oxygens (including phenoxy) is 2. The van der Waals surface area contributed by atoms with Gasteiger partial charge in [0.05, 0.1) is 29.8 Å². The van der Waals surface area contributed by atoms with Crippen molar-refractivity contribution in [3.05, 3.63) is 53.1 Å². The lowest BCUT2D eigenvalue weighted by atomic mass is 10.1. The van der Waals surface area contributed by atoms with Gasteiger partial charge in [-0.25, -0.2) is 13.2 Å². The van der Waals surface area contributed by atoms with E-state index in [-0.39, 0.29) is 42.3 Å². The molecule has 30 heavy (non-hydrogen) atoms. The molecular weight excluding hydrogens is 432 g/mol. The van der Waals surface area contributed by atoms with E-state index >= 15 is 0 Å². The average molecular weight is 453 g/mol. The molecule has 0 fully saturated rings. The van der Waals surface area contributed by atoms with Crippen molar-refractivity contribution in [1.29, 1.82) is 0 Å². The number of carbonyl (C=O) groups is 2. The fourth-order valence-corrected chi connectivity index (χ4v) is 4.18. The zero-order chi connectivity index (χ0) is 21.9. The van der Waals surface area contributed by atoms with Crippen LogP contribution in [0.2, 0.25) is 5.02 Å². The molecule has 2 aromatic rings. The fraction of sp³-hybridized carbons (Fsp3) is 0.300. The van der Waals surface area contributed by atoms with E-state index in [0.717, 1.165) is 10.6 Å². The summed E-state index contributed by atoms with van der Waals surface area (Å²) in [6.07, 6.45) is 0.201. The second-order valence-corrected chi connectivity index (χ2v) is 8.94. The molecule has 2 aromatic carbocycles. The molecule has 1 amide bonds. The largest absolute Gasteiger partial charge is 0.478 e. The summed E-state index contributed by atoms with van der Waals surface area (Å²) in [5.74, 6) is -0.845. The van der Waals surface area contributed by atoms with Gasteiger partial charge in [-0.2, -0.15) is 0 Å². The van der Waals surface area contributed by atoms with Crippen molar-refractivity contribution < 1.29 is 27.5 Å². The predicted octanol–water partition coefficient (Wildman–Crippen LogP) is 3.07. The van der Waals surface area contributed by atoms with Gasteiger partial charge in [-0.15, -0.1) is 0 Å². The van der Waals surface area contributed by atoms with Crippen LogP contribution in [0.4, 0.5) is 11.4 Å². The normalized spacial score (nSPS) is 16.1. The van der Waals surface area contributed by atoms with Crippen LogP contribution in [-0.2, 0) is 19.6 Å². The Morgan fingerprint density at radius 1 is 1.27 bits per heavy atom. The van der Waals surface area contributed by atoms with Crippen LogP contribution in [0, 0.1) is 0 Å². The Morgan fingerprint density at radius 3 is 2.70 bits per heavy atom. The summed E-state index contributed by atoms with van der Waals surface area (Å²) >= 11 is 6.02. The molecule has 0 radical (unpaired) electrons. The second-order valence-electron chi connectivity index (χ2n) is 6.60. The maximum absolute atomic E-state index is 12.9. The van der Waals surface area contributed by atoms with Gasteiger partial charge in [0.15, 0.2) is 6.10 Å². The SMILES string of the molecule is CCOC(=O)c1ccccc1NC(=O)C1CCN(S(C)(=O)=O)c2cc(Cl)ccc2O1. The van der Waals surface area contributed by atoms with Crippen LogP contribution in [0.1, 0.15) is 23.7 Å². The molecule has 0 aromatic heterocycles. The average Bonchev–Trinajstić information content (AvgIpc) is 2.87. The number of amides is 1. The third kappa shape index (κ3) is 4.85. The number of hydrogen-bond acceptors (Lipinski definition) is 6. The van der Waals surface area contributed by atoms with Crippen molar-refractivity contribution in [1.82, 2.24) is 0 Å². The molecular formula is C20H21ClN2O6S. The van der Waals surface area contributed by atoms with Crippen LogP contribution in [0.5, 0.6) is 5.75 Å². The number of anilines is 2. The van der Waals surface area contributed by atoms with Crippen LogP contribution in [0.25, 0.3) is 0 Å². The van der Waals surface area contributed by atoms with E-state index in [1.165, 1.54) is 12.1 Å². The maximum Gasteiger partial charge on any atom is 0.340 e. The summed E-state index contributed by atoms with van der Waals surface area (Å²) in [6.45, 7) is 1.92. The summed E-state index contributed by atoms with van der Waals surface area (Å²) < 4.78 is 36.5. The van der Waals surface area contributed by atoms with Crippen molar-refractivity contribution in [3.8, 4) is 5.75 Å². The molecule has 1 aliphatic heterocycles. The lowest BCUT2D eigenvalue weighted by molar-refractivity contribution is -0.122. The van der Waals surface area contributed by atoms with E-state index in [2.05, 4.69) is 5.32 Å². The Kier molecular flexibility index (Phi) is 6.52. The minimum Gasteiger partial charge on any atom is -0.478 e. The topological polar surface area (TPSA) is 102 Å². The number of fused-ring (bicyclic) bond motifs is 1. The van der Waals surface area contributed by atoms with Gasteiger partial charge >= 0.3 is 5.97 Å². The van der Waals surface area contributed by atoms with Gasteiger partial charge in [-0.3, -0.25) is 9.10 Å². The highest BCUT2D eigenvalue weighted by atomic mass is 35.5. The molecule has 0 bridgehead atoms. The van der Waals surface area contributed by atoms with Gasteiger partial charge in [0.25, 0.3) is 5.91 Å². The van der Waals surface area contributed by atoms with E-state index in [9.17, 15) is 18.0 Å². The van der Waals surface area contributed by atoms with Crippen LogP contribution < -0.4 is 14.4 Å². The summed E-state index contributed by atoms with van der Waals surface area (Å²) in [5.41, 5.74) is 0.767. The van der Waals surface area contributed by atoms with Crippen molar-refractivity contribution in [3.63, 3.8) is 0 Å². The third-order valence-corrected chi connectivity index (χ3v) is 5.84. The minimum absolute atomic E-state index is 0.0315. The third-order valence-electron chi connectivity index (χ3n) is 4.43. The number of hydrogen-bond donors (Lipinski definition) is 1. The van der Waals surface area contributed by atoms with Gasteiger partial charge in [-0.05, 0) is 37.3 Å². The van der Waals surface area contributed by atoms with E-state index in [0.29, 0.717) is 5.02 Å². The first-order chi connectivity index (χ1) is 14.2. The zero-order valence-electron chi connectivity index (χ0n) is 16.4. The number of halogens is 1. The molecule has 0 saturated heterocycles. The maximum atomic E-state index is 12.9. The Balaban J connectivity index is 1.87. The first-order valence-electron chi connectivity index (χ1n) is 9.21. The number of carbonyl (C=O) groups excluding carboxylic acids is 2. The lowest BCUT2D eigenvalue weighted by Crippen LogP contribution is -2.36. The van der Waals surface area contributed by atoms with E-state index in [4.69, 9.17) is 21.1 Å². The number of para-hydroxylation sites is 1. The molecule has 1 unspecified atom stereocenters. The molecule has 8 nitrogen and oxygen atoms in total. The van der Waals surface area contributed by atoms with Gasteiger partial charge in [0, 0.05) is 18.0 Å². The number of sulfonamides is 1. The highest BCUT2D eigenvalue weighted by Gasteiger charge is 2.32. The molecule has 3 rings (SSSR count). The molecule has 10 heteroatoms. The first kappa shape index (κ1) is 21.9.